The fourth-order valence-electron chi connectivity index (χ4n) is 3.37. The Hall–Kier alpha value is -2.66. The predicted octanol–water partition coefficient (Wildman–Crippen LogP) is 4.96. The number of rotatable bonds is 3. The lowest BCUT2D eigenvalue weighted by atomic mass is 10.1. The van der Waals surface area contributed by atoms with E-state index in [0.717, 1.165) is 32.4 Å². The molecule has 0 bridgehead atoms. The van der Waals surface area contributed by atoms with Crippen molar-refractivity contribution in [3.05, 3.63) is 71.1 Å². The summed E-state index contributed by atoms with van der Waals surface area (Å²) in [6.07, 6.45) is 3.14. The highest BCUT2D eigenvalue weighted by Gasteiger charge is 2.24. The van der Waals surface area contributed by atoms with Crippen LogP contribution in [0.4, 0.5) is 4.39 Å². The molecule has 4 rings (SSSR count). The minimum absolute atomic E-state index is 0.0836. The molecule has 27 heavy (non-hydrogen) atoms. The zero-order valence-electron chi connectivity index (χ0n) is 14.7. The number of carbonyl (C=O) groups is 1. The predicted molar refractivity (Wildman–Crippen MR) is 104 cm³/mol. The molecule has 1 aliphatic heterocycles. The first-order chi connectivity index (χ1) is 13.1. The summed E-state index contributed by atoms with van der Waals surface area (Å²) >= 11 is 5.99. The van der Waals surface area contributed by atoms with Crippen molar-refractivity contribution in [3.8, 4) is 16.9 Å². The number of likely N-dealkylation sites (tertiary alicyclic amines) is 1. The highest BCUT2D eigenvalue weighted by Crippen LogP contribution is 2.26. The van der Waals surface area contributed by atoms with Crippen LogP contribution in [-0.2, 0) is 0 Å². The van der Waals surface area contributed by atoms with Crippen LogP contribution in [0, 0.1) is 5.82 Å². The van der Waals surface area contributed by atoms with Crippen LogP contribution in [0.2, 0.25) is 5.02 Å². The Bertz CT molecular complexity index is 962. The lowest BCUT2D eigenvalue weighted by molar-refractivity contribution is 0.0715. The number of benzene rings is 2. The Morgan fingerprint density at radius 1 is 1.00 bits per heavy atom. The van der Waals surface area contributed by atoms with Crippen LogP contribution < -0.4 is 0 Å². The molecule has 1 aliphatic rings. The topological polar surface area (TPSA) is 38.1 Å². The molecular formula is C21H19ClFN3O. The summed E-state index contributed by atoms with van der Waals surface area (Å²) < 4.78 is 15.8. The molecule has 1 fully saturated rings. The van der Waals surface area contributed by atoms with Crippen LogP contribution in [0.3, 0.4) is 0 Å². The minimum atomic E-state index is -0.366. The van der Waals surface area contributed by atoms with E-state index in [1.54, 1.807) is 53.2 Å². The molecule has 0 unspecified atom stereocenters. The van der Waals surface area contributed by atoms with Crippen molar-refractivity contribution in [2.75, 3.05) is 13.1 Å². The third-order valence-corrected chi connectivity index (χ3v) is 5.04. The smallest absolute Gasteiger partial charge is 0.272 e. The van der Waals surface area contributed by atoms with Crippen molar-refractivity contribution in [2.24, 2.45) is 0 Å². The van der Waals surface area contributed by atoms with Gasteiger partial charge in [-0.15, -0.1) is 0 Å². The number of hydrogen-bond acceptors (Lipinski definition) is 2. The first-order valence-corrected chi connectivity index (χ1v) is 9.41. The monoisotopic (exact) mass is 383 g/mol. The van der Waals surface area contributed by atoms with Crippen LogP contribution in [0.15, 0.2) is 54.6 Å². The Balaban J connectivity index is 1.81. The molecule has 1 aromatic heterocycles. The molecule has 0 N–H and O–H groups in total. The number of halogens is 2. The van der Waals surface area contributed by atoms with E-state index in [2.05, 4.69) is 5.10 Å². The van der Waals surface area contributed by atoms with Crippen molar-refractivity contribution < 1.29 is 9.18 Å². The van der Waals surface area contributed by atoms with Gasteiger partial charge < -0.3 is 4.90 Å². The summed E-state index contributed by atoms with van der Waals surface area (Å²) in [5.74, 6) is -0.449. The maximum Gasteiger partial charge on any atom is 0.272 e. The van der Waals surface area contributed by atoms with E-state index in [4.69, 9.17) is 11.6 Å². The summed E-state index contributed by atoms with van der Waals surface area (Å²) in [6.45, 7) is 1.47. The van der Waals surface area contributed by atoms with E-state index in [1.807, 2.05) is 4.90 Å². The van der Waals surface area contributed by atoms with Gasteiger partial charge in [-0.1, -0.05) is 23.7 Å². The number of nitrogens with zero attached hydrogens (tertiary/aromatic N) is 3. The zero-order valence-corrected chi connectivity index (χ0v) is 15.5. The van der Waals surface area contributed by atoms with Crippen LogP contribution in [0.25, 0.3) is 16.9 Å². The average molecular weight is 384 g/mol. The van der Waals surface area contributed by atoms with Gasteiger partial charge in [-0.05, 0) is 61.7 Å². The highest BCUT2D eigenvalue weighted by molar-refractivity contribution is 6.30. The van der Waals surface area contributed by atoms with Gasteiger partial charge in [0, 0.05) is 23.7 Å². The van der Waals surface area contributed by atoms with E-state index >= 15 is 0 Å². The van der Waals surface area contributed by atoms with Gasteiger partial charge in [0.15, 0.2) is 0 Å². The molecular weight excluding hydrogens is 365 g/mol. The lowest BCUT2D eigenvalue weighted by Crippen LogP contribution is -2.36. The van der Waals surface area contributed by atoms with Crippen LogP contribution in [0.1, 0.15) is 29.8 Å². The molecule has 2 aromatic carbocycles. The first-order valence-electron chi connectivity index (χ1n) is 9.04. The normalized spacial score (nSPS) is 14.4. The molecule has 138 valence electrons. The van der Waals surface area contributed by atoms with Crippen molar-refractivity contribution in [2.45, 2.75) is 19.3 Å². The molecule has 6 heteroatoms. The maximum atomic E-state index is 14.3. The van der Waals surface area contributed by atoms with Crippen molar-refractivity contribution in [3.63, 3.8) is 0 Å². The maximum absolute atomic E-state index is 14.3. The number of piperidine rings is 1. The highest BCUT2D eigenvalue weighted by atomic mass is 35.5. The molecule has 1 amide bonds. The summed E-state index contributed by atoms with van der Waals surface area (Å²) in [7, 11) is 0. The minimum Gasteiger partial charge on any atom is -0.337 e. The molecule has 0 atom stereocenters. The number of carbonyl (C=O) groups excluding carboxylic acids is 1. The van der Waals surface area contributed by atoms with E-state index in [9.17, 15) is 9.18 Å². The summed E-state index contributed by atoms with van der Waals surface area (Å²) in [4.78, 5) is 15.0. The van der Waals surface area contributed by atoms with Crippen LogP contribution in [-0.4, -0.2) is 33.7 Å². The molecule has 4 nitrogen and oxygen atoms in total. The first kappa shape index (κ1) is 17.7. The second-order valence-corrected chi connectivity index (χ2v) is 7.07. The van der Waals surface area contributed by atoms with Crippen molar-refractivity contribution in [1.82, 2.24) is 14.7 Å². The zero-order chi connectivity index (χ0) is 18.8. The molecule has 0 aliphatic carbocycles. The number of aromatic nitrogens is 2. The molecule has 3 aromatic rings. The van der Waals surface area contributed by atoms with Crippen LogP contribution >= 0.6 is 11.6 Å². The van der Waals surface area contributed by atoms with Gasteiger partial charge in [0.1, 0.15) is 11.5 Å². The largest absolute Gasteiger partial charge is 0.337 e. The molecule has 0 saturated carbocycles. The fourth-order valence-corrected chi connectivity index (χ4v) is 3.50. The third-order valence-electron chi connectivity index (χ3n) is 4.79. The standard InChI is InChI=1S/C21H19ClFN3O/c22-15-8-10-16(11-9-15)26-20(21(27)25-12-4-1-5-13-25)14-19(24-26)17-6-2-3-7-18(17)23/h2-3,6-11,14H,1,4-5,12-13H2. The molecule has 0 radical (unpaired) electrons. The van der Waals surface area contributed by atoms with Gasteiger partial charge in [0.05, 0.1) is 11.4 Å². The lowest BCUT2D eigenvalue weighted by Gasteiger charge is -2.26. The Morgan fingerprint density at radius 3 is 2.41 bits per heavy atom. The summed E-state index contributed by atoms with van der Waals surface area (Å²) in [5.41, 5.74) is 1.95. The van der Waals surface area contributed by atoms with Gasteiger partial charge in [0.25, 0.3) is 5.91 Å². The number of hydrogen-bond donors (Lipinski definition) is 0. The quantitative estimate of drug-likeness (QED) is 0.641. The Kier molecular flexibility index (Phi) is 4.94. The Morgan fingerprint density at radius 2 is 1.70 bits per heavy atom. The van der Waals surface area contributed by atoms with Gasteiger partial charge in [-0.2, -0.15) is 5.10 Å². The van der Waals surface area contributed by atoms with E-state index < -0.39 is 0 Å². The second kappa shape index (κ2) is 7.53. The van der Waals surface area contributed by atoms with E-state index in [0.29, 0.717) is 27.7 Å². The molecule has 2 heterocycles. The SMILES string of the molecule is O=C(c1cc(-c2ccccc2F)nn1-c1ccc(Cl)cc1)N1CCCCC1. The molecule has 0 spiro atoms. The third kappa shape index (κ3) is 3.60. The van der Waals surface area contributed by atoms with Gasteiger partial charge in [-0.25, -0.2) is 9.07 Å². The van der Waals surface area contributed by atoms with E-state index in [1.165, 1.54) is 6.07 Å². The summed E-state index contributed by atoms with van der Waals surface area (Å²) in [6, 6.07) is 15.2. The van der Waals surface area contributed by atoms with Crippen LogP contribution in [0.5, 0.6) is 0 Å². The van der Waals surface area contributed by atoms with Gasteiger partial charge >= 0.3 is 0 Å². The van der Waals surface area contributed by atoms with Crippen molar-refractivity contribution >= 4 is 17.5 Å². The van der Waals surface area contributed by atoms with Gasteiger partial charge in [0.2, 0.25) is 0 Å². The van der Waals surface area contributed by atoms with E-state index in [-0.39, 0.29) is 11.7 Å². The molecule has 1 saturated heterocycles. The second-order valence-electron chi connectivity index (χ2n) is 6.64. The summed E-state index contributed by atoms with van der Waals surface area (Å²) in [5, 5.41) is 5.14. The fraction of sp³-hybridized carbons (Fsp3) is 0.238. The Labute approximate surface area is 162 Å². The van der Waals surface area contributed by atoms with Gasteiger partial charge in [-0.3, -0.25) is 4.79 Å². The van der Waals surface area contributed by atoms with Crippen molar-refractivity contribution in [1.29, 1.82) is 0 Å². The number of amides is 1. The average Bonchev–Trinajstić information content (AvgIpc) is 3.14.